The van der Waals surface area contributed by atoms with Gasteiger partial charge in [-0.2, -0.15) is 0 Å². The molecule has 3 aliphatic rings. The molecule has 116 valence electrons. The van der Waals surface area contributed by atoms with Crippen molar-refractivity contribution in [3.63, 3.8) is 0 Å². The molecule has 0 aromatic carbocycles. The zero-order chi connectivity index (χ0) is 14.3. The van der Waals surface area contributed by atoms with Crippen LogP contribution >= 0.6 is 0 Å². The molecule has 0 aromatic rings. The Hall–Kier alpha value is -0.120. The molecule has 3 nitrogen and oxygen atoms in total. The Bertz CT molecular complexity index is 342. The van der Waals surface area contributed by atoms with Crippen LogP contribution in [0.4, 0.5) is 0 Å². The molecule has 0 radical (unpaired) electrons. The molecule has 20 heavy (non-hydrogen) atoms. The standard InChI is InChI=1S/C17H32N2O/c1-12(2)11-20-16-10-15(17(16,3)4)18-13-7-9-19-8-5-6-14(13)19/h12-16,18H,5-11H2,1-4H3. The average Bonchev–Trinajstić information content (AvgIpc) is 2.96. The first-order chi connectivity index (χ1) is 9.48. The summed E-state index contributed by atoms with van der Waals surface area (Å²) in [5.74, 6) is 0.639. The maximum atomic E-state index is 6.09. The summed E-state index contributed by atoms with van der Waals surface area (Å²) in [6.07, 6.45) is 5.79. The van der Waals surface area contributed by atoms with Crippen LogP contribution in [0.5, 0.6) is 0 Å². The van der Waals surface area contributed by atoms with E-state index in [1.54, 1.807) is 0 Å². The molecular formula is C17H32N2O. The first-order valence-electron chi connectivity index (χ1n) is 8.60. The molecule has 0 amide bonds. The topological polar surface area (TPSA) is 24.5 Å². The lowest BCUT2D eigenvalue weighted by Crippen LogP contribution is -2.63. The molecule has 1 N–H and O–H groups in total. The van der Waals surface area contributed by atoms with Crippen LogP contribution in [-0.4, -0.2) is 48.8 Å². The third-order valence-corrected chi connectivity index (χ3v) is 5.83. The van der Waals surface area contributed by atoms with E-state index in [0.29, 0.717) is 23.5 Å². The largest absolute Gasteiger partial charge is 0.377 e. The van der Waals surface area contributed by atoms with E-state index >= 15 is 0 Å². The highest BCUT2D eigenvalue weighted by atomic mass is 16.5. The SMILES string of the molecule is CC(C)COC1CC(NC2CCN3CCCC23)C1(C)C. The summed E-state index contributed by atoms with van der Waals surface area (Å²) >= 11 is 0. The summed E-state index contributed by atoms with van der Waals surface area (Å²) in [5.41, 5.74) is 0.293. The molecule has 4 unspecified atom stereocenters. The summed E-state index contributed by atoms with van der Waals surface area (Å²) in [5, 5.41) is 3.97. The Morgan fingerprint density at radius 1 is 1.25 bits per heavy atom. The number of hydrogen-bond acceptors (Lipinski definition) is 3. The van der Waals surface area contributed by atoms with E-state index in [2.05, 4.69) is 37.9 Å². The molecule has 3 heteroatoms. The van der Waals surface area contributed by atoms with Gasteiger partial charge in [0.15, 0.2) is 0 Å². The summed E-state index contributed by atoms with van der Waals surface area (Å²) < 4.78 is 6.09. The Morgan fingerprint density at radius 2 is 2.05 bits per heavy atom. The van der Waals surface area contributed by atoms with Gasteiger partial charge in [0.1, 0.15) is 0 Å². The van der Waals surface area contributed by atoms with E-state index in [1.165, 1.54) is 38.8 Å². The van der Waals surface area contributed by atoms with Gasteiger partial charge in [-0.3, -0.25) is 4.90 Å². The van der Waals surface area contributed by atoms with E-state index in [-0.39, 0.29) is 0 Å². The lowest BCUT2D eigenvalue weighted by molar-refractivity contribution is -0.126. The second-order valence-electron chi connectivity index (χ2n) is 8.13. The lowest BCUT2D eigenvalue weighted by Gasteiger charge is -2.53. The number of hydrogen-bond donors (Lipinski definition) is 1. The van der Waals surface area contributed by atoms with E-state index in [0.717, 1.165) is 18.7 Å². The van der Waals surface area contributed by atoms with Crippen molar-refractivity contribution in [2.24, 2.45) is 11.3 Å². The van der Waals surface area contributed by atoms with Crippen molar-refractivity contribution in [2.75, 3.05) is 19.7 Å². The highest BCUT2D eigenvalue weighted by molar-refractivity contribution is 5.06. The zero-order valence-corrected chi connectivity index (χ0v) is 13.7. The summed E-state index contributed by atoms with van der Waals surface area (Å²) in [4.78, 5) is 2.69. The first-order valence-corrected chi connectivity index (χ1v) is 8.60. The molecule has 1 saturated carbocycles. The van der Waals surface area contributed by atoms with Gasteiger partial charge in [0.25, 0.3) is 0 Å². The van der Waals surface area contributed by atoms with Crippen LogP contribution in [0.2, 0.25) is 0 Å². The maximum Gasteiger partial charge on any atom is 0.0656 e. The van der Waals surface area contributed by atoms with Crippen LogP contribution in [-0.2, 0) is 4.74 Å². The second-order valence-corrected chi connectivity index (χ2v) is 8.13. The molecule has 2 heterocycles. The molecule has 0 spiro atoms. The highest BCUT2D eigenvalue weighted by Gasteiger charge is 2.51. The Balaban J connectivity index is 1.50. The fraction of sp³-hybridized carbons (Fsp3) is 1.00. The molecule has 3 fully saturated rings. The van der Waals surface area contributed by atoms with Gasteiger partial charge in [-0.05, 0) is 38.1 Å². The minimum atomic E-state index is 0.293. The van der Waals surface area contributed by atoms with Crippen molar-refractivity contribution in [1.29, 1.82) is 0 Å². The average molecular weight is 280 g/mol. The second kappa shape index (κ2) is 5.58. The van der Waals surface area contributed by atoms with Crippen LogP contribution in [0.15, 0.2) is 0 Å². The van der Waals surface area contributed by atoms with Crippen LogP contribution in [0.1, 0.15) is 53.4 Å². The van der Waals surface area contributed by atoms with Gasteiger partial charge in [0.05, 0.1) is 6.10 Å². The number of nitrogens with one attached hydrogen (secondary N) is 1. The Kier molecular flexibility index (Phi) is 4.13. The quantitative estimate of drug-likeness (QED) is 0.838. The van der Waals surface area contributed by atoms with Crippen LogP contribution in [0.25, 0.3) is 0 Å². The predicted molar refractivity (Wildman–Crippen MR) is 82.9 cm³/mol. The first kappa shape index (κ1) is 14.8. The van der Waals surface area contributed by atoms with Crippen LogP contribution in [0.3, 0.4) is 0 Å². The smallest absolute Gasteiger partial charge is 0.0656 e. The van der Waals surface area contributed by atoms with Crippen molar-refractivity contribution in [3.05, 3.63) is 0 Å². The summed E-state index contributed by atoms with van der Waals surface area (Å²) in [6.45, 7) is 12.8. The molecular weight excluding hydrogens is 248 g/mol. The maximum absolute atomic E-state index is 6.09. The van der Waals surface area contributed by atoms with Gasteiger partial charge < -0.3 is 10.1 Å². The lowest BCUT2D eigenvalue weighted by atomic mass is 9.64. The number of ether oxygens (including phenoxy) is 1. The highest BCUT2D eigenvalue weighted by Crippen LogP contribution is 2.44. The molecule has 0 bridgehead atoms. The van der Waals surface area contributed by atoms with Crippen molar-refractivity contribution < 1.29 is 4.74 Å². The fourth-order valence-corrected chi connectivity index (χ4v) is 4.30. The van der Waals surface area contributed by atoms with Gasteiger partial charge in [0.2, 0.25) is 0 Å². The Morgan fingerprint density at radius 3 is 2.75 bits per heavy atom. The number of nitrogens with zero attached hydrogens (tertiary/aromatic N) is 1. The third kappa shape index (κ3) is 2.65. The minimum Gasteiger partial charge on any atom is -0.377 e. The fourth-order valence-electron chi connectivity index (χ4n) is 4.30. The summed E-state index contributed by atoms with van der Waals surface area (Å²) in [6, 6.07) is 2.19. The Labute approximate surface area is 124 Å². The van der Waals surface area contributed by atoms with Gasteiger partial charge in [-0.25, -0.2) is 0 Å². The number of fused-ring (bicyclic) bond motifs is 1. The van der Waals surface area contributed by atoms with Gasteiger partial charge in [-0.15, -0.1) is 0 Å². The molecule has 3 rings (SSSR count). The normalized spacial score (nSPS) is 40.0. The molecule has 4 atom stereocenters. The van der Waals surface area contributed by atoms with Crippen LogP contribution in [0, 0.1) is 11.3 Å². The van der Waals surface area contributed by atoms with Crippen molar-refractivity contribution in [3.8, 4) is 0 Å². The third-order valence-electron chi connectivity index (χ3n) is 5.83. The van der Waals surface area contributed by atoms with Crippen molar-refractivity contribution in [1.82, 2.24) is 10.2 Å². The van der Waals surface area contributed by atoms with E-state index in [1.807, 2.05) is 0 Å². The van der Waals surface area contributed by atoms with Gasteiger partial charge in [-0.1, -0.05) is 27.7 Å². The minimum absolute atomic E-state index is 0.293. The van der Waals surface area contributed by atoms with Gasteiger partial charge in [0, 0.05) is 36.7 Å². The zero-order valence-electron chi connectivity index (χ0n) is 13.7. The molecule has 2 aliphatic heterocycles. The van der Waals surface area contributed by atoms with Crippen molar-refractivity contribution >= 4 is 0 Å². The predicted octanol–water partition coefficient (Wildman–Crippen LogP) is 2.65. The monoisotopic (exact) mass is 280 g/mol. The number of rotatable bonds is 5. The van der Waals surface area contributed by atoms with E-state index < -0.39 is 0 Å². The van der Waals surface area contributed by atoms with Crippen LogP contribution < -0.4 is 5.32 Å². The molecule has 0 aromatic heterocycles. The summed E-state index contributed by atoms with van der Waals surface area (Å²) in [7, 11) is 0. The molecule has 2 saturated heterocycles. The van der Waals surface area contributed by atoms with E-state index in [9.17, 15) is 0 Å². The molecule has 1 aliphatic carbocycles. The van der Waals surface area contributed by atoms with E-state index in [4.69, 9.17) is 4.74 Å². The van der Waals surface area contributed by atoms with Crippen molar-refractivity contribution in [2.45, 2.75) is 77.6 Å². The van der Waals surface area contributed by atoms with Gasteiger partial charge >= 0.3 is 0 Å².